The topological polar surface area (TPSA) is 3.24 Å². The zero-order valence-corrected chi connectivity index (χ0v) is 34.9. The van der Waals surface area contributed by atoms with Crippen molar-refractivity contribution in [1.29, 1.82) is 0 Å². The molecule has 0 spiro atoms. The van der Waals surface area contributed by atoms with Crippen molar-refractivity contribution in [2.45, 2.75) is 46.0 Å². The predicted molar refractivity (Wildman–Crippen MR) is 256 cm³/mol. The van der Waals surface area contributed by atoms with E-state index in [-0.39, 0.29) is 5.41 Å². The predicted octanol–water partition coefficient (Wildman–Crippen LogP) is 15.9. The van der Waals surface area contributed by atoms with Crippen molar-refractivity contribution >= 4 is 39.5 Å². The summed E-state index contributed by atoms with van der Waals surface area (Å²) < 4.78 is 0. The highest BCUT2D eigenvalue weighted by atomic mass is 15.1. The summed E-state index contributed by atoms with van der Waals surface area (Å²) >= 11 is 0. The molecule has 2 aliphatic rings. The van der Waals surface area contributed by atoms with Crippen LogP contribution in [-0.2, 0) is 11.8 Å². The Morgan fingerprint density at radius 1 is 0.550 bits per heavy atom. The molecule has 2 aliphatic carbocycles. The minimum absolute atomic E-state index is 0.232. The number of rotatable bonds is 9. The molecular weight excluding hydrogens is 723 g/mol. The van der Waals surface area contributed by atoms with Gasteiger partial charge < -0.3 is 4.90 Å². The third kappa shape index (κ3) is 6.71. The maximum absolute atomic E-state index is 2.49. The van der Waals surface area contributed by atoms with Crippen LogP contribution in [0.3, 0.4) is 0 Å². The van der Waals surface area contributed by atoms with Gasteiger partial charge >= 0.3 is 0 Å². The van der Waals surface area contributed by atoms with Crippen LogP contribution in [0.5, 0.6) is 0 Å². The van der Waals surface area contributed by atoms with Crippen LogP contribution >= 0.6 is 0 Å². The van der Waals surface area contributed by atoms with Crippen LogP contribution in [0.25, 0.3) is 44.7 Å². The Morgan fingerprint density at radius 3 is 2.00 bits per heavy atom. The molecule has 1 heteroatoms. The molecule has 0 radical (unpaired) electrons. The van der Waals surface area contributed by atoms with Crippen molar-refractivity contribution in [1.82, 2.24) is 0 Å². The highest BCUT2D eigenvalue weighted by molar-refractivity contribution is 6.10. The van der Waals surface area contributed by atoms with Gasteiger partial charge in [-0.3, -0.25) is 0 Å². The summed E-state index contributed by atoms with van der Waals surface area (Å²) in [6.45, 7) is 9.29. The van der Waals surface area contributed by atoms with Crippen LogP contribution in [-0.4, -0.2) is 0 Å². The number of hydrogen-bond donors (Lipinski definition) is 0. The van der Waals surface area contributed by atoms with Gasteiger partial charge in [0.1, 0.15) is 0 Å². The summed E-state index contributed by atoms with van der Waals surface area (Å²) in [5.74, 6) is 0. The molecule has 0 aromatic heterocycles. The maximum atomic E-state index is 2.49. The fourth-order valence-electron chi connectivity index (χ4n) is 9.65. The molecule has 0 unspecified atom stereocenters. The van der Waals surface area contributed by atoms with E-state index in [9.17, 15) is 0 Å². The van der Waals surface area contributed by atoms with Crippen molar-refractivity contribution < 1.29 is 0 Å². The summed E-state index contributed by atoms with van der Waals surface area (Å²) in [4.78, 5) is 2.45. The summed E-state index contributed by atoms with van der Waals surface area (Å²) in [6.07, 6.45) is 8.99. The van der Waals surface area contributed by atoms with E-state index in [1.54, 1.807) is 0 Å². The van der Waals surface area contributed by atoms with E-state index in [1.807, 2.05) is 0 Å². The molecule has 8 aromatic rings. The molecule has 0 heterocycles. The Balaban J connectivity index is 1.09. The molecule has 0 fully saturated rings. The van der Waals surface area contributed by atoms with E-state index < -0.39 is 0 Å². The molecule has 8 aromatic carbocycles. The van der Waals surface area contributed by atoms with Crippen LogP contribution in [0.1, 0.15) is 59.2 Å². The first-order valence-corrected chi connectivity index (χ1v) is 21.3. The van der Waals surface area contributed by atoms with Crippen molar-refractivity contribution in [3.63, 3.8) is 0 Å². The van der Waals surface area contributed by atoms with Crippen molar-refractivity contribution in [2.75, 3.05) is 4.90 Å². The van der Waals surface area contributed by atoms with Crippen LogP contribution in [0.4, 0.5) is 17.1 Å². The molecule has 0 bridgehead atoms. The second-order valence-electron chi connectivity index (χ2n) is 17.0. The summed E-state index contributed by atoms with van der Waals surface area (Å²) in [6, 6.07) is 66.8. The molecule has 0 N–H and O–H groups in total. The van der Waals surface area contributed by atoms with Crippen molar-refractivity contribution in [2.24, 2.45) is 0 Å². The summed E-state index contributed by atoms with van der Waals surface area (Å²) in [7, 11) is 0. The SMILES string of the molecule is Cc1ccccc1C/C(=C/c1ccc2c(c1)C(C)(C)c1cc(N(c3ccccc3)c3cccc(-c4ccccc4)c3)c3ccccc3c1-2)C1=CC=C(c2ccccc2C)C1. The molecule has 0 atom stereocenters. The second-order valence-corrected chi connectivity index (χ2v) is 17.0. The lowest BCUT2D eigenvalue weighted by Gasteiger charge is -2.30. The van der Waals surface area contributed by atoms with E-state index in [0.29, 0.717) is 0 Å². The highest BCUT2D eigenvalue weighted by Gasteiger charge is 2.38. The van der Waals surface area contributed by atoms with E-state index in [0.717, 1.165) is 24.2 Å². The Kier molecular flexibility index (Phi) is 9.53. The monoisotopic (exact) mass is 771 g/mol. The maximum Gasteiger partial charge on any atom is 0.0543 e. The lowest BCUT2D eigenvalue weighted by Crippen LogP contribution is -2.17. The molecule has 0 aliphatic heterocycles. The van der Waals surface area contributed by atoms with Gasteiger partial charge in [0.2, 0.25) is 0 Å². The average molecular weight is 772 g/mol. The van der Waals surface area contributed by atoms with Gasteiger partial charge in [-0.2, -0.15) is 0 Å². The number of fused-ring (bicyclic) bond motifs is 5. The van der Waals surface area contributed by atoms with Gasteiger partial charge in [-0.25, -0.2) is 0 Å². The quantitative estimate of drug-likeness (QED) is 0.141. The molecule has 290 valence electrons. The van der Waals surface area contributed by atoms with E-state index in [4.69, 9.17) is 0 Å². The number of anilines is 3. The first-order chi connectivity index (χ1) is 29.3. The zero-order valence-electron chi connectivity index (χ0n) is 34.9. The molecule has 1 nitrogen and oxygen atoms in total. The molecule has 0 saturated heterocycles. The van der Waals surface area contributed by atoms with E-state index in [1.165, 1.54) is 94.4 Å². The first kappa shape index (κ1) is 37.3. The van der Waals surface area contributed by atoms with Gasteiger partial charge in [0.25, 0.3) is 0 Å². The Hall–Kier alpha value is -6.96. The Bertz CT molecular complexity index is 3010. The Morgan fingerprint density at radius 2 is 1.22 bits per heavy atom. The van der Waals surface area contributed by atoms with Gasteiger partial charge in [-0.05, 0) is 140 Å². The summed E-state index contributed by atoms with van der Waals surface area (Å²) in [5.41, 5.74) is 21.8. The van der Waals surface area contributed by atoms with Crippen LogP contribution in [0.2, 0.25) is 0 Å². The standard InChI is InChI=1S/C59H49N/c1-40-18-11-13-22-44(40)36-48(46-31-32-47(37-46)51-27-14-12-19-41(51)2)34-42-30-33-54-55(35-42)59(3,4)56-39-57(52-28-15-16-29-53(52)58(54)56)60(49-24-9-6-10-25-49)50-26-17-23-45(38-50)43-20-7-5-8-21-43/h5-35,38-39H,36-37H2,1-4H3/b48-34-. The third-order valence-electron chi connectivity index (χ3n) is 12.9. The van der Waals surface area contributed by atoms with Gasteiger partial charge in [0.05, 0.1) is 5.69 Å². The van der Waals surface area contributed by atoms with Crippen LogP contribution in [0, 0.1) is 13.8 Å². The zero-order chi connectivity index (χ0) is 40.8. The number of nitrogens with zero attached hydrogens (tertiary/aromatic N) is 1. The van der Waals surface area contributed by atoms with E-state index in [2.05, 4.69) is 233 Å². The fraction of sp³-hybridized carbons (Fsp3) is 0.119. The number of aryl methyl sites for hydroxylation is 2. The minimum Gasteiger partial charge on any atom is -0.310 e. The van der Waals surface area contributed by atoms with Gasteiger partial charge in [-0.15, -0.1) is 0 Å². The first-order valence-electron chi connectivity index (χ1n) is 21.3. The van der Waals surface area contributed by atoms with Gasteiger partial charge in [0.15, 0.2) is 0 Å². The Labute approximate surface area is 355 Å². The number of allylic oxidation sites excluding steroid dienone is 5. The number of para-hydroxylation sites is 1. The number of hydrogen-bond acceptors (Lipinski definition) is 1. The van der Waals surface area contributed by atoms with Crippen molar-refractivity contribution in [3.8, 4) is 22.3 Å². The lowest BCUT2D eigenvalue weighted by molar-refractivity contribution is 0.660. The second kappa shape index (κ2) is 15.3. The van der Waals surface area contributed by atoms with Gasteiger partial charge in [0, 0.05) is 22.2 Å². The van der Waals surface area contributed by atoms with E-state index >= 15 is 0 Å². The van der Waals surface area contributed by atoms with Crippen LogP contribution < -0.4 is 4.90 Å². The largest absolute Gasteiger partial charge is 0.310 e. The smallest absolute Gasteiger partial charge is 0.0543 e. The normalized spacial score (nSPS) is 14.1. The fourth-order valence-corrected chi connectivity index (χ4v) is 9.65. The van der Waals surface area contributed by atoms with Crippen molar-refractivity contribution in [3.05, 3.63) is 244 Å². The molecule has 60 heavy (non-hydrogen) atoms. The molecule has 0 saturated carbocycles. The highest BCUT2D eigenvalue weighted by Crippen LogP contribution is 2.55. The molecular formula is C59H49N. The number of benzene rings is 8. The van der Waals surface area contributed by atoms with Gasteiger partial charge in [-0.1, -0.05) is 184 Å². The molecule has 0 amide bonds. The van der Waals surface area contributed by atoms with Crippen LogP contribution in [0.15, 0.2) is 205 Å². The minimum atomic E-state index is -0.232. The third-order valence-corrected chi connectivity index (χ3v) is 12.9. The summed E-state index contributed by atoms with van der Waals surface area (Å²) in [5, 5.41) is 2.52. The lowest BCUT2D eigenvalue weighted by atomic mass is 9.81. The average Bonchev–Trinajstić information content (AvgIpc) is 3.86. The molecule has 10 rings (SSSR count).